The van der Waals surface area contributed by atoms with Crippen molar-refractivity contribution >= 4 is 34.6 Å². The molecule has 7 heteroatoms. The van der Waals surface area contributed by atoms with Gasteiger partial charge in [-0.05, 0) is 11.5 Å². The average molecular weight is 389 g/mol. The predicted molar refractivity (Wildman–Crippen MR) is 105 cm³/mol. The lowest BCUT2D eigenvalue weighted by Crippen LogP contribution is -2.35. The van der Waals surface area contributed by atoms with E-state index < -0.39 is 0 Å². The number of likely N-dealkylation sites (tertiary alicyclic amines) is 1. The summed E-state index contributed by atoms with van der Waals surface area (Å²) in [7, 11) is 0. The zero-order valence-corrected chi connectivity index (χ0v) is 15.9. The maximum atomic E-state index is 13.1. The number of carbonyl (C=O) groups excluding carboxylic acids is 1. The number of nitrogens with one attached hydrogen (secondary N) is 1. The summed E-state index contributed by atoms with van der Waals surface area (Å²) in [6.45, 7) is 2.85. The fraction of sp³-hybridized carbons (Fsp3) is 0.368. The largest absolute Gasteiger partial charge is 0.335 e. The highest BCUT2D eigenvalue weighted by Gasteiger charge is 2.46. The third kappa shape index (κ3) is 2.92. The van der Waals surface area contributed by atoms with E-state index in [0.717, 1.165) is 30.3 Å². The first-order chi connectivity index (χ1) is 12.3. The van der Waals surface area contributed by atoms with Gasteiger partial charge in [0, 0.05) is 43.3 Å². The molecule has 0 radical (unpaired) electrons. The second-order valence-electron chi connectivity index (χ2n) is 6.99. The van der Waals surface area contributed by atoms with Gasteiger partial charge in [-0.2, -0.15) is 0 Å². The van der Waals surface area contributed by atoms with Crippen molar-refractivity contribution in [2.45, 2.75) is 12.5 Å². The number of halogens is 1. The first kappa shape index (κ1) is 17.5. The van der Waals surface area contributed by atoms with Gasteiger partial charge >= 0.3 is 0 Å². The van der Waals surface area contributed by atoms with Crippen LogP contribution >= 0.6 is 23.7 Å². The van der Waals surface area contributed by atoms with E-state index in [4.69, 9.17) is 0 Å². The van der Waals surface area contributed by atoms with Crippen LogP contribution in [-0.4, -0.2) is 39.8 Å². The SMILES string of the molecule is Cl.O=C(Cc1cn2ccsc2n1)N1C[C@@H]2CNC[C@@H]2[C@@H]1c1ccccc1. The van der Waals surface area contributed by atoms with Crippen molar-refractivity contribution in [2.75, 3.05) is 19.6 Å². The number of hydrogen-bond donors (Lipinski definition) is 1. The van der Waals surface area contributed by atoms with E-state index in [0.29, 0.717) is 18.3 Å². The molecule has 4 heterocycles. The summed E-state index contributed by atoms with van der Waals surface area (Å²) >= 11 is 1.60. The molecule has 2 aliphatic rings. The van der Waals surface area contributed by atoms with Gasteiger partial charge in [0.2, 0.25) is 5.91 Å². The third-order valence-corrected chi connectivity index (χ3v) is 6.27. The second-order valence-corrected chi connectivity index (χ2v) is 7.86. The van der Waals surface area contributed by atoms with Crippen molar-refractivity contribution in [3.05, 3.63) is 59.4 Å². The molecule has 1 amide bonds. The Hall–Kier alpha value is -1.89. The molecule has 0 spiro atoms. The van der Waals surface area contributed by atoms with E-state index in [1.54, 1.807) is 11.3 Å². The number of rotatable bonds is 3. The van der Waals surface area contributed by atoms with Crippen LogP contribution in [0.1, 0.15) is 17.3 Å². The van der Waals surface area contributed by atoms with E-state index >= 15 is 0 Å². The number of carbonyl (C=O) groups is 1. The zero-order valence-electron chi connectivity index (χ0n) is 14.2. The van der Waals surface area contributed by atoms with Gasteiger partial charge in [-0.3, -0.25) is 9.20 Å². The normalized spacial score (nSPS) is 24.6. The first-order valence-electron chi connectivity index (χ1n) is 8.76. The van der Waals surface area contributed by atoms with Crippen LogP contribution in [0.2, 0.25) is 0 Å². The van der Waals surface area contributed by atoms with E-state index in [2.05, 4.69) is 39.5 Å². The number of thiazole rings is 1. The molecule has 2 saturated heterocycles. The lowest BCUT2D eigenvalue weighted by Gasteiger charge is -2.28. The van der Waals surface area contributed by atoms with E-state index in [1.165, 1.54) is 5.56 Å². The summed E-state index contributed by atoms with van der Waals surface area (Å²) in [5.74, 6) is 1.26. The minimum Gasteiger partial charge on any atom is -0.335 e. The number of nitrogens with zero attached hydrogens (tertiary/aromatic N) is 3. The van der Waals surface area contributed by atoms with Crippen LogP contribution in [0.5, 0.6) is 0 Å². The van der Waals surface area contributed by atoms with E-state index in [-0.39, 0.29) is 24.4 Å². The molecular weight excluding hydrogens is 368 g/mol. The van der Waals surface area contributed by atoms with E-state index in [1.807, 2.05) is 28.2 Å². The highest BCUT2D eigenvalue weighted by Crippen LogP contribution is 2.42. The molecule has 3 atom stereocenters. The van der Waals surface area contributed by atoms with Crippen molar-refractivity contribution in [2.24, 2.45) is 11.8 Å². The minimum atomic E-state index is 0. The molecule has 2 aromatic heterocycles. The summed E-state index contributed by atoms with van der Waals surface area (Å²) in [5.41, 5.74) is 2.11. The lowest BCUT2D eigenvalue weighted by molar-refractivity contribution is -0.132. The molecule has 0 bridgehead atoms. The number of amides is 1. The van der Waals surface area contributed by atoms with Gasteiger partial charge in [-0.15, -0.1) is 23.7 Å². The minimum absolute atomic E-state index is 0. The molecule has 0 aliphatic carbocycles. The number of fused-ring (bicyclic) bond motifs is 2. The summed E-state index contributed by atoms with van der Waals surface area (Å²) in [6.07, 6.45) is 4.34. The number of hydrogen-bond acceptors (Lipinski definition) is 4. The van der Waals surface area contributed by atoms with Crippen LogP contribution in [0.4, 0.5) is 0 Å². The highest BCUT2D eigenvalue weighted by atomic mass is 35.5. The van der Waals surface area contributed by atoms with Crippen LogP contribution in [0, 0.1) is 11.8 Å². The number of benzene rings is 1. The molecule has 2 aliphatic heterocycles. The molecule has 5 rings (SSSR count). The number of imidazole rings is 1. The van der Waals surface area contributed by atoms with Gasteiger partial charge in [0.05, 0.1) is 18.2 Å². The quantitative estimate of drug-likeness (QED) is 0.750. The van der Waals surface area contributed by atoms with Crippen LogP contribution < -0.4 is 5.32 Å². The standard InChI is InChI=1S/C19H20N4OS.ClH/c24-17(8-15-12-22-6-7-25-19(22)21-15)23-11-14-9-20-10-16(14)18(23)13-4-2-1-3-5-13;/h1-7,12,14,16,18,20H,8-11H2;1H/t14-,16-,18-;/m0./s1. The van der Waals surface area contributed by atoms with Gasteiger partial charge in [0.15, 0.2) is 4.96 Å². The molecular formula is C19H21ClN4OS. The smallest absolute Gasteiger partial charge is 0.229 e. The molecule has 1 N–H and O–H groups in total. The second kappa shape index (κ2) is 7.02. The molecule has 5 nitrogen and oxygen atoms in total. The third-order valence-electron chi connectivity index (χ3n) is 5.50. The van der Waals surface area contributed by atoms with Crippen molar-refractivity contribution < 1.29 is 4.79 Å². The van der Waals surface area contributed by atoms with Crippen molar-refractivity contribution in [3.63, 3.8) is 0 Å². The van der Waals surface area contributed by atoms with Gasteiger partial charge in [0.1, 0.15) is 0 Å². The maximum absolute atomic E-state index is 13.1. The first-order valence-corrected chi connectivity index (χ1v) is 9.64. The summed E-state index contributed by atoms with van der Waals surface area (Å²) in [6, 6.07) is 10.6. The van der Waals surface area contributed by atoms with Gasteiger partial charge in [-0.25, -0.2) is 4.98 Å². The van der Waals surface area contributed by atoms with Gasteiger partial charge < -0.3 is 10.2 Å². The van der Waals surface area contributed by atoms with E-state index in [9.17, 15) is 4.79 Å². The Balaban J connectivity index is 0.00000168. The average Bonchev–Trinajstić information content (AvgIpc) is 3.34. The molecule has 3 aromatic rings. The van der Waals surface area contributed by atoms with Crippen LogP contribution in [0.15, 0.2) is 48.1 Å². The van der Waals surface area contributed by atoms with Crippen LogP contribution in [0.3, 0.4) is 0 Å². The van der Waals surface area contributed by atoms with Gasteiger partial charge in [-0.1, -0.05) is 30.3 Å². The predicted octanol–water partition coefficient (Wildman–Crippen LogP) is 2.78. The summed E-state index contributed by atoms with van der Waals surface area (Å²) in [5, 5.41) is 5.50. The molecule has 2 fully saturated rings. The number of aromatic nitrogens is 2. The van der Waals surface area contributed by atoms with Crippen LogP contribution in [-0.2, 0) is 11.2 Å². The topological polar surface area (TPSA) is 49.6 Å². The highest BCUT2D eigenvalue weighted by molar-refractivity contribution is 7.15. The Bertz CT molecular complexity index is 880. The summed E-state index contributed by atoms with van der Waals surface area (Å²) < 4.78 is 1.99. The molecule has 26 heavy (non-hydrogen) atoms. The molecule has 1 aromatic carbocycles. The Morgan fingerprint density at radius 3 is 2.92 bits per heavy atom. The van der Waals surface area contributed by atoms with Gasteiger partial charge in [0.25, 0.3) is 0 Å². The Morgan fingerprint density at radius 1 is 1.27 bits per heavy atom. The fourth-order valence-corrected chi connectivity index (χ4v) is 5.09. The maximum Gasteiger partial charge on any atom is 0.229 e. The lowest BCUT2D eigenvalue weighted by atomic mass is 9.89. The summed E-state index contributed by atoms with van der Waals surface area (Å²) in [4.78, 5) is 20.7. The Kier molecular flexibility index (Phi) is 4.73. The zero-order chi connectivity index (χ0) is 16.8. The van der Waals surface area contributed by atoms with Crippen molar-refractivity contribution in [1.82, 2.24) is 19.6 Å². The van der Waals surface area contributed by atoms with Crippen molar-refractivity contribution in [1.29, 1.82) is 0 Å². The Morgan fingerprint density at radius 2 is 2.12 bits per heavy atom. The fourth-order valence-electron chi connectivity index (χ4n) is 4.37. The monoisotopic (exact) mass is 388 g/mol. The molecule has 136 valence electrons. The molecule has 0 saturated carbocycles. The van der Waals surface area contributed by atoms with Crippen LogP contribution in [0.25, 0.3) is 4.96 Å². The van der Waals surface area contributed by atoms with Crippen molar-refractivity contribution in [3.8, 4) is 0 Å². The molecule has 0 unspecified atom stereocenters. The Labute approximate surface area is 162 Å².